The fourth-order valence-electron chi connectivity index (χ4n) is 3.14. The molecule has 0 bridgehead atoms. The molecule has 3 fully saturated rings. The van der Waals surface area contributed by atoms with E-state index in [2.05, 4.69) is 24.1 Å². The fourth-order valence-corrected chi connectivity index (χ4v) is 3.14. The average Bonchev–Trinajstić information content (AvgIpc) is 3.08. The maximum atomic E-state index is 3.73. The molecule has 0 spiro atoms. The summed E-state index contributed by atoms with van der Waals surface area (Å²) in [7, 11) is 0. The van der Waals surface area contributed by atoms with E-state index in [-0.39, 0.29) is 0 Å². The van der Waals surface area contributed by atoms with Gasteiger partial charge in [-0.3, -0.25) is 4.90 Å². The zero-order valence-corrected chi connectivity index (χ0v) is 10.1. The van der Waals surface area contributed by atoms with Crippen molar-refractivity contribution in [3.8, 4) is 0 Å². The molecule has 3 unspecified atom stereocenters. The summed E-state index contributed by atoms with van der Waals surface area (Å²) in [4.78, 5) is 2.77. The van der Waals surface area contributed by atoms with Crippen LogP contribution in [-0.2, 0) is 0 Å². The van der Waals surface area contributed by atoms with Crippen LogP contribution in [0.3, 0.4) is 0 Å². The van der Waals surface area contributed by atoms with Gasteiger partial charge in [-0.2, -0.15) is 0 Å². The Hall–Kier alpha value is -0.0800. The van der Waals surface area contributed by atoms with Crippen LogP contribution in [0, 0.1) is 11.8 Å². The minimum absolute atomic E-state index is 0.746. The molecule has 0 aromatic carbocycles. The van der Waals surface area contributed by atoms with Crippen LogP contribution in [0.4, 0.5) is 0 Å². The number of hydrogen-bond donors (Lipinski definition) is 1. The van der Waals surface area contributed by atoms with Gasteiger partial charge >= 0.3 is 0 Å². The predicted octanol–water partition coefficient (Wildman–Crippen LogP) is 1.86. The summed E-state index contributed by atoms with van der Waals surface area (Å²) in [6.45, 7) is 7.35. The van der Waals surface area contributed by atoms with Gasteiger partial charge in [0.05, 0.1) is 0 Å². The van der Waals surface area contributed by atoms with Gasteiger partial charge < -0.3 is 5.32 Å². The monoisotopic (exact) mass is 208 g/mol. The van der Waals surface area contributed by atoms with Crippen LogP contribution in [0.1, 0.15) is 39.5 Å². The van der Waals surface area contributed by atoms with Crippen molar-refractivity contribution in [3.63, 3.8) is 0 Å². The highest BCUT2D eigenvalue weighted by molar-refractivity contribution is 4.97. The molecule has 1 N–H and O–H groups in total. The molecule has 0 radical (unpaired) electrons. The molecule has 86 valence electrons. The summed E-state index contributed by atoms with van der Waals surface area (Å²) in [5.74, 6) is 2.02. The van der Waals surface area contributed by atoms with Gasteiger partial charge in [0.1, 0.15) is 0 Å². The van der Waals surface area contributed by atoms with Crippen molar-refractivity contribution in [1.29, 1.82) is 0 Å². The lowest BCUT2D eigenvalue weighted by atomic mass is 10.0. The molecule has 2 nitrogen and oxygen atoms in total. The quantitative estimate of drug-likeness (QED) is 0.761. The van der Waals surface area contributed by atoms with E-state index in [0.717, 1.165) is 30.0 Å². The highest BCUT2D eigenvalue weighted by atomic mass is 15.3. The lowest BCUT2D eigenvalue weighted by Crippen LogP contribution is -2.59. The second-order valence-electron chi connectivity index (χ2n) is 5.98. The summed E-state index contributed by atoms with van der Waals surface area (Å²) < 4.78 is 0. The fraction of sp³-hybridized carbons (Fsp3) is 1.00. The van der Waals surface area contributed by atoms with Gasteiger partial charge in [0, 0.05) is 31.2 Å². The topological polar surface area (TPSA) is 15.3 Å². The third-order valence-corrected chi connectivity index (χ3v) is 4.67. The van der Waals surface area contributed by atoms with Gasteiger partial charge in [-0.25, -0.2) is 0 Å². The number of rotatable bonds is 3. The highest BCUT2D eigenvalue weighted by Gasteiger charge is 2.40. The van der Waals surface area contributed by atoms with Crippen LogP contribution in [0.2, 0.25) is 0 Å². The van der Waals surface area contributed by atoms with Crippen LogP contribution in [-0.4, -0.2) is 36.1 Å². The molecule has 0 aromatic rings. The van der Waals surface area contributed by atoms with Crippen LogP contribution >= 0.6 is 0 Å². The van der Waals surface area contributed by atoms with E-state index >= 15 is 0 Å². The summed E-state index contributed by atoms with van der Waals surface area (Å²) in [6.07, 6.45) is 5.90. The maximum absolute atomic E-state index is 3.73. The summed E-state index contributed by atoms with van der Waals surface area (Å²) in [6, 6.07) is 2.39. The van der Waals surface area contributed by atoms with Gasteiger partial charge in [-0.1, -0.05) is 0 Å². The van der Waals surface area contributed by atoms with E-state index in [4.69, 9.17) is 0 Å². The maximum Gasteiger partial charge on any atom is 0.0224 e. The Morgan fingerprint density at radius 2 is 1.93 bits per heavy atom. The predicted molar refractivity (Wildman–Crippen MR) is 62.9 cm³/mol. The Kier molecular flexibility index (Phi) is 2.52. The van der Waals surface area contributed by atoms with E-state index < -0.39 is 0 Å². The molecule has 0 aromatic heterocycles. The van der Waals surface area contributed by atoms with Crippen molar-refractivity contribution >= 4 is 0 Å². The lowest BCUT2D eigenvalue weighted by Gasteiger charge is -2.42. The van der Waals surface area contributed by atoms with Gasteiger partial charge in [0.15, 0.2) is 0 Å². The molecule has 3 aliphatic rings. The van der Waals surface area contributed by atoms with Gasteiger partial charge in [-0.15, -0.1) is 0 Å². The minimum Gasteiger partial charge on any atom is -0.311 e. The summed E-state index contributed by atoms with van der Waals surface area (Å²) >= 11 is 0. The molecule has 0 amide bonds. The van der Waals surface area contributed by atoms with Crippen LogP contribution in [0.5, 0.6) is 0 Å². The standard InChI is InChI=1S/C13H24N2/c1-9-7-14-13(12-5-6-12)8-15(9)10(2)11-3-4-11/h9-14H,3-8H2,1-2H3. The third-order valence-electron chi connectivity index (χ3n) is 4.67. The van der Waals surface area contributed by atoms with Crippen molar-refractivity contribution in [3.05, 3.63) is 0 Å². The van der Waals surface area contributed by atoms with Crippen molar-refractivity contribution in [2.24, 2.45) is 11.8 Å². The van der Waals surface area contributed by atoms with E-state index in [9.17, 15) is 0 Å². The molecule has 3 rings (SSSR count). The molecule has 1 heterocycles. The Bertz CT molecular complexity index is 233. The van der Waals surface area contributed by atoms with E-state index in [1.807, 2.05) is 0 Å². The second-order valence-corrected chi connectivity index (χ2v) is 5.98. The summed E-state index contributed by atoms with van der Waals surface area (Å²) in [5.41, 5.74) is 0. The van der Waals surface area contributed by atoms with E-state index in [0.29, 0.717) is 0 Å². The Balaban J connectivity index is 1.62. The molecule has 2 heteroatoms. The van der Waals surface area contributed by atoms with Crippen LogP contribution in [0.25, 0.3) is 0 Å². The first-order chi connectivity index (χ1) is 7.25. The van der Waals surface area contributed by atoms with E-state index in [1.165, 1.54) is 38.8 Å². The smallest absolute Gasteiger partial charge is 0.0224 e. The van der Waals surface area contributed by atoms with Crippen LogP contribution in [0.15, 0.2) is 0 Å². The third kappa shape index (κ3) is 2.07. The van der Waals surface area contributed by atoms with Crippen molar-refractivity contribution < 1.29 is 0 Å². The largest absolute Gasteiger partial charge is 0.311 e. The Morgan fingerprint density at radius 1 is 1.20 bits per heavy atom. The molecule has 1 aliphatic heterocycles. The Labute approximate surface area is 93.4 Å². The zero-order valence-electron chi connectivity index (χ0n) is 10.1. The number of nitrogens with zero attached hydrogens (tertiary/aromatic N) is 1. The van der Waals surface area contributed by atoms with E-state index in [1.54, 1.807) is 0 Å². The van der Waals surface area contributed by atoms with Gasteiger partial charge in [0.2, 0.25) is 0 Å². The molecule has 3 atom stereocenters. The van der Waals surface area contributed by atoms with Crippen molar-refractivity contribution in [2.45, 2.75) is 57.7 Å². The van der Waals surface area contributed by atoms with Crippen LogP contribution < -0.4 is 5.32 Å². The van der Waals surface area contributed by atoms with Crippen molar-refractivity contribution in [2.75, 3.05) is 13.1 Å². The molecule has 2 saturated carbocycles. The molecular weight excluding hydrogens is 184 g/mol. The first kappa shape index (κ1) is 10.1. The first-order valence-corrected chi connectivity index (χ1v) is 6.75. The molecule has 2 aliphatic carbocycles. The average molecular weight is 208 g/mol. The van der Waals surface area contributed by atoms with Crippen molar-refractivity contribution in [1.82, 2.24) is 10.2 Å². The first-order valence-electron chi connectivity index (χ1n) is 6.75. The highest BCUT2D eigenvalue weighted by Crippen LogP contribution is 2.39. The normalized spacial score (nSPS) is 40.4. The Morgan fingerprint density at radius 3 is 2.53 bits per heavy atom. The second kappa shape index (κ2) is 3.74. The number of hydrogen-bond acceptors (Lipinski definition) is 2. The summed E-state index contributed by atoms with van der Waals surface area (Å²) in [5, 5.41) is 3.73. The minimum atomic E-state index is 0.746. The van der Waals surface area contributed by atoms with Gasteiger partial charge in [-0.05, 0) is 51.4 Å². The zero-order chi connectivity index (χ0) is 10.4. The number of nitrogens with one attached hydrogen (secondary N) is 1. The SMILES string of the molecule is CC1CNC(C2CC2)CN1C(C)C1CC1. The van der Waals surface area contributed by atoms with Gasteiger partial charge in [0.25, 0.3) is 0 Å². The number of piperazine rings is 1. The lowest BCUT2D eigenvalue weighted by molar-refractivity contribution is 0.0823. The molecular formula is C13H24N2. The molecule has 15 heavy (non-hydrogen) atoms. The molecule has 1 saturated heterocycles.